The molecule has 3 rings (SSSR count). The quantitative estimate of drug-likeness (QED) is 0.811. The third-order valence-electron chi connectivity index (χ3n) is 3.69. The van der Waals surface area contributed by atoms with Crippen LogP contribution in [-0.4, -0.2) is 22.4 Å². The summed E-state index contributed by atoms with van der Waals surface area (Å²) in [7, 11) is -1.03. The fourth-order valence-electron chi connectivity index (χ4n) is 2.68. The van der Waals surface area contributed by atoms with Crippen molar-refractivity contribution in [3.8, 4) is 0 Å². The summed E-state index contributed by atoms with van der Waals surface area (Å²) >= 11 is 0. The van der Waals surface area contributed by atoms with E-state index in [1.165, 1.54) is 0 Å². The molecule has 1 atom stereocenters. The smallest absolute Gasteiger partial charge is 0.258 e. The number of hydrogen-bond donors (Lipinski definition) is 0. The molecule has 2 aromatic carbocycles. The van der Waals surface area contributed by atoms with E-state index in [-0.39, 0.29) is 5.91 Å². The third kappa shape index (κ3) is 2.63. The highest BCUT2D eigenvalue weighted by molar-refractivity contribution is 7.85. The highest BCUT2D eigenvalue weighted by Gasteiger charge is 2.26. The van der Waals surface area contributed by atoms with Crippen molar-refractivity contribution in [1.29, 1.82) is 0 Å². The Morgan fingerprint density at radius 3 is 2.62 bits per heavy atom. The summed E-state index contributed by atoms with van der Waals surface area (Å²) in [6.45, 7) is 2.57. The van der Waals surface area contributed by atoms with Gasteiger partial charge in [-0.25, -0.2) is 0 Å². The molecule has 0 radical (unpaired) electrons. The third-order valence-corrected chi connectivity index (χ3v) is 5.17. The van der Waals surface area contributed by atoms with Crippen molar-refractivity contribution < 1.29 is 9.00 Å². The summed E-state index contributed by atoms with van der Waals surface area (Å²) < 4.78 is 12.3. The van der Waals surface area contributed by atoms with Crippen LogP contribution < -0.4 is 4.90 Å². The molecule has 1 amide bonds. The molecule has 108 valence electrons. The highest BCUT2D eigenvalue weighted by atomic mass is 32.2. The van der Waals surface area contributed by atoms with E-state index in [2.05, 4.69) is 0 Å². The van der Waals surface area contributed by atoms with Crippen LogP contribution in [0.15, 0.2) is 53.4 Å². The first-order valence-electron chi connectivity index (χ1n) is 7.03. The van der Waals surface area contributed by atoms with Gasteiger partial charge in [0.25, 0.3) is 5.91 Å². The number of rotatable bonds is 1. The summed E-state index contributed by atoms with van der Waals surface area (Å²) in [6.07, 6.45) is 0.749. The van der Waals surface area contributed by atoms with Gasteiger partial charge in [0, 0.05) is 17.9 Å². The molecule has 1 heterocycles. The highest BCUT2D eigenvalue weighted by Crippen LogP contribution is 2.32. The summed E-state index contributed by atoms with van der Waals surface area (Å²) in [5, 5.41) is 0. The first kappa shape index (κ1) is 14.0. The molecule has 21 heavy (non-hydrogen) atoms. The van der Waals surface area contributed by atoms with Crippen LogP contribution in [0.4, 0.5) is 5.69 Å². The van der Waals surface area contributed by atoms with Crippen LogP contribution in [0.2, 0.25) is 0 Å². The molecule has 2 aromatic rings. The van der Waals surface area contributed by atoms with Crippen LogP contribution in [0.5, 0.6) is 0 Å². The van der Waals surface area contributed by atoms with Crippen molar-refractivity contribution in [2.45, 2.75) is 18.2 Å². The molecule has 1 aliphatic heterocycles. The lowest BCUT2D eigenvalue weighted by Gasteiger charge is -2.24. The maximum atomic E-state index is 12.8. The van der Waals surface area contributed by atoms with Gasteiger partial charge in [0.1, 0.15) is 0 Å². The molecular formula is C17H17NO2S. The van der Waals surface area contributed by atoms with E-state index in [1.54, 1.807) is 4.90 Å². The van der Waals surface area contributed by atoms with E-state index >= 15 is 0 Å². The summed E-state index contributed by atoms with van der Waals surface area (Å²) in [4.78, 5) is 15.4. The van der Waals surface area contributed by atoms with Gasteiger partial charge >= 0.3 is 0 Å². The average molecular weight is 299 g/mol. The molecule has 0 saturated heterocycles. The molecule has 0 bridgehead atoms. The molecule has 0 fully saturated rings. The second-order valence-electron chi connectivity index (χ2n) is 5.15. The number of amides is 1. The number of carbonyl (C=O) groups is 1. The van der Waals surface area contributed by atoms with Gasteiger partial charge in [-0.3, -0.25) is 9.00 Å². The van der Waals surface area contributed by atoms with Gasteiger partial charge in [-0.05, 0) is 37.1 Å². The zero-order chi connectivity index (χ0) is 14.8. The lowest BCUT2D eigenvalue weighted by molar-refractivity contribution is 0.0986. The summed E-state index contributed by atoms with van der Waals surface area (Å²) in [5.41, 5.74) is 2.48. The van der Waals surface area contributed by atoms with E-state index in [4.69, 9.17) is 0 Å². The molecule has 1 unspecified atom stereocenters. The number of aryl methyl sites for hydroxylation is 1. The van der Waals surface area contributed by atoms with E-state index in [9.17, 15) is 9.00 Å². The van der Waals surface area contributed by atoms with Crippen LogP contribution in [0.1, 0.15) is 22.3 Å². The molecule has 0 spiro atoms. The number of para-hydroxylation sites is 1. The van der Waals surface area contributed by atoms with Gasteiger partial charge in [-0.1, -0.05) is 30.3 Å². The zero-order valence-electron chi connectivity index (χ0n) is 11.9. The summed E-state index contributed by atoms with van der Waals surface area (Å²) in [6, 6.07) is 15.0. The van der Waals surface area contributed by atoms with Gasteiger partial charge in [0.2, 0.25) is 0 Å². The van der Waals surface area contributed by atoms with E-state index in [0.717, 1.165) is 22.6 Å². The van der Waals surface area contributed by atoms with Crippen molar-refractivity contribution in [3.05, 3.63) is 59.7 Å². The van der Waals surface area contributed by atoms with Crippen LogP contribution in [-0.2, 0) is 10.8 Å². The van der Waals surface area contributed by atoms with Crippen molar-refractivity contribution in [2.24, 2.45) is 0 Å². The fourth-order valence-corrected chi connectivity index (χ4v) is 4.01. The number of nitrogens with zero attached hydrogens (tertiary/aromatic N) is 1. The Labute approximate surface area is 127 Å². The monoisotopic (exact) mass is 299 g/mol. The maximum absolute atomic E-state index is 12.8. The van der Waals surface area contributed by atoms with Crippen molar-refractivity contribution in [2.75, 3.05) is 17.2 Å². The van der Waals surface area contributed by atoms with E-state index in [0.29, 0.717) is 17.9 Å². The minimum atomic E-state index is -1.03. The molecule has 1 aliphatic rings. The standard InChI is InChI=1S/C17H17NO2S/c1-13-7-5-10-15-16(13)18(11-6-12-21(15)20)17(19)14-8-3-2-4-9-14/h2-5,7-10H,6,11-12H2,1H3. The van der Waals surface area contributed by atoms with Gasteiger partial charge in [-0.15, -0.1) is 0 Å². The molecular weight excluding hydrogens is 282 g/mol. The number of fused-ring (bicyclic) bond motifs is 1. The Kier molecular flexibility index (Phi) is 3.88. The van der Waals surface area contributed by atoms with E-state index < -0.39 is 10.8 Å². The van der Waals surface area contributed by atoms with Crippen molar-refractivity contribution in [1.82, 2.24) is 0 Å². The normalized spacial score (nSPS) is 18.0. The number of hydrogen-bond acceptors (Lipinski definition) is 2. The maximum Gasteiger partial charge on any atom is 0.258 e. The Morgan fingerprint density at radius 2 is 1.86 bits per heavy atom. The average Bonchev–Trinajstić information content (AvgIpc) is 2.68. The van der Waals surface area contributed by atoms with Gasteiger partial charge < -0.3 is 4.90 Å². The van der Waals surface area contributed by atoms with Crippen molar-refractivity contribution >= 4 is 22.4 Å². The lowest BCUT2D eigenvalue weighted by Crippen LogP contribution is -2.32. The first-order valence-corrected chi connectivity index (χ1v) is 8.35. The Morgan fingerprint density at radius 1 is 1.10 bits per heavy atom. The minimum Gasteiger partial charge on any atom is -0.307 e. The van der Waals surface area contributed by atoms with E-state index in [1.807, 2.05) is 55.5 Å². The van der Waals surface area contributed by atoms with Crippen molar-refractivity contribution in [3.63, 3.8) is 0 Å². The van der Waals surface area contributed by atoms with Crippen LogP contribution in [0.3, 0.4) is 0 Å². The predicted octanol–water partition coefficient (Wildman–Crippen LogP) is 3.15. The predicted molar refractivity (Wildman–Crippen MR) is 85.2 cm³/mol. The SMILES string of the molecule is Cc1cccc2c1N(C(=O)c1ccccc1)CCCS2=O. The topological polar surface area (TPSA) is 37.4 Å². The molecule has 0 aromatic heterocycles. The fraction of sp³-hybridized carbons (Fsp3) is 0.235. The lowest BCUT2D eigenvalue weighted by atomic mass is 10.1. The number of anilines is 1. The first-order chi connectivity index (χ1) is 10.2. The molecule has 4 heteroatoms. The van der Waals surface area contributed by atoms with Crippen LogP contribution in [0.25, 0.3) is 0 Å². The largest absolute Gasteiger partial charge is 0.307 e. The Bertz CT molecular complexity index is 697. The molecule has 0 saturated carbocycles. The zero-order valence-corrected chi connectivity index (χ0v) is 12.7. The Balaban J connectivity index is 2.10. The van der Waals surface area contributed by atoms with Gasteiger partial charge in [0.05, 0.1) is 21.4 Å². The molecule has 0 aliphatic carbocycles. The second kappa shape index (κ2) is 5.82. The molecule has 0 N–H and O–H groups in total. The second-order valence-corrected chi connectivity index (χ2v) is 6.69. The number of benzene rings is 2. The minimum absolute atomic E-state index is 0.0231. The molecule has 3 nitrogen and oxygen atoms in total. The summed E-state index contributed by atoms with van der Waals surface area (Å²) in [5.74, 6) is 0.583. The van der Waals surface area contributed by atoms with Gasteiger partial charge in [-0.2, -0.15) is 0 Å². The van der Waals surface area contributed by atoms with Crippen LogP contribution in [0, 0.1) is 6.92 Å². The van der Waals surface area contributed by atoms with Gasteiger partial charge in [0.15, 0.2) is 0 Å². The van der Waals surface area contributed by atoms with Crippen LogP contribution >= 0.6 is 0 Å². The number of carbonyl (C=O) groups excluding carboxylic acids is 1. The Hall–Kier alpha value is -1.94.